The Morgan fingerprint density at radius 3 is 2.70 bits per heavy atom. The van der Waals surface area contributed by atoms with Crippen LogP contribution in [0.3, 0.4) is 0 Å². The minimum Gasteiger partial charge on any atom is -0.316 e. The molecule has 1 aliphatic rings. The first-order chi connectivity index (χ1) is 9.72. The number of hydrogen-bond acceptors (Lipinski definition) is 3. The van der Waals surface area contributed by atoms with Gasteiger partial charge in [-0.05, 0) is 71.3 Å². The second-order valence-corrected chi connectivity index (χ2v) is 6.02. The standard InChI is InChI=1S/C16H30N4/c1-4-8-17-12-15-6-9-19(10-7-15)13-16-11-14(3)18-20(16)5-2/h11,15,17H,4-10,12-13H2,1-3H3. The van der Waals surface area contributed by atoms with Crippen LogP contribution < -0.4 is 5.32 Å². The number of piperidine rings is 1. The van der Waals surface area contributed by atoms with Crippen molar-refractivity contribution in [3.63, 3.8) is 0 Å². The first-order valence-corrected chi connectivity index (χ1v) is 8.19. The summed E-state index contributed by atoms with van der Waals surface area (Å²) in [7, 11) is 0. The van der Waals surface area contributed by atoms with Crippen LogP contribution in [-0.4, -0.2) is 40.9 Å². The number of aryl methyl sites for hydroxylation is 2. The van der Waals surface area contributed by atoms with Crippen LogP contribution >= 0.6 is 0 Å². The molecular formula is C16H30N4. The lowest BCUT2D eigenvalue weighted by atomic mass is 9.96. The molecule has 2 rings (SSSR count). The van der Waals surface area contributed by atoms with Crippen LogP contribution in [0.1, 0.15) is 44.5 Å². The van der Waals surface area contributed by atoms with Crippen LogP contribution in [0, 0.1) is 12.8 Å². The lowest BCUT2D eigenvalue weighted by Crippen LogP contribution is -2.37. The first kappa shape index (κ1) is 15.5. The van der Waals surface area contributed by atoms with Gasteiger partial charge in [-0.1, -0.05) is 6.92 Å². The predicted molar refractivity (Wildman–Crippen MR) is 83.8 cm³/mol. The van der Waals surface area contributed by atoms with Gasteiger partial charge in [-0.25, -0.2) is 0 Å². The summed E-state index contributed by atoms with van der Waals surface area (Å²) >= 11 is 0. The zero-order chi connectivity index (χ0) is 14.4. The minimum absolute atomic E-state index is 0.871. The maximum Gasteiger partial charge on any atom is 0.0597 e. The Morgan fingerprint density at radius 1 is 1.30 bits per heavy atom. The van der Waals surface area contributed by atoms with Crippen LogP contribution in [-0.2, 0) is 13.1 Å². The highest BCUT2D eigenvalue weighted by molar-refractivity contribution is 5.09. The average molecular weight is 278 g/mol. The fourth-order valence-corrected chi connectivity index (χ4v) is 3.06. The summed E-state index contributed by atoms with van der Waals surface area (Å²) in [6, 6.07) is 2.23. The molecule has 1 N–H and O–H groups in total. The molecule has 1 aliphatic heterocycles. The van der Waals surface area contributed by atoms with E-state index >= 15 is 0 Å². The van der Waals surface area contributed by atoms with Crippen molar-refractivity contribution in [2.24, 2.45) is 5.92 Å². The zero-order valence-corrected chi connectivity index (χ0v) is 13.4. The number of rotatable bonds is 7. The van der Waals surface area contributed by atoms with Crippen LogP contribution in [0.2, 0.25) is 0 Å². The van der Waals surface area contributed by atoms with Gasteiger partial charge in [0, 0.05) is 13.1 Å². The van der Waals surface area contributed by atoms with Crippen molar-refractivity contribution in [3.05, 3.63) is 17.5 Å². The summed E-state index contributed by atoms with van der Waals surface area (Å²) < 4.78 is 2.14. The third-order valence-corrected chi connectivity index (χ3v) is 4.24. The molecule has 0 spiro atoms. The van der Waals surface area contributed by atoms with Crippen molar-refractivity contribution < 1.29 is 0 Å². The second kappa shape index (κ2) is 7.79. The Kier molecular flexibility index (Phi) is 6.05. The van der Waals surface area contributed by atoms with E-state index in [1.807, 2.05) is 0 Å². The van der Waals surface area contributed by atoms with E-state index in [1.165, 1.54) is 44.6 Å². The van der Waals surface area contributed by atoms with Gasteiger partial charge < -0.3 is 5.32 Å². The monoisotopic (exact) mass is 278 g/mol. The van der Waals surface area contributed by atoms with Gasteiger partial charge in [0.1, 0.15) is 0 Å². The van der Waals surface area contributed by atoms with Crippen LogP contribution in [0.15, 0.2) is 6.07 Å². The number of hydrogen-bond donors (Lipinski definition) is 1. The fraction of sp³-hybridized carbons (Fsp3) is 0.812. The van der Waals surface area contributed by atoms with Crippen molar-refractivity contribution >= 4 is 0 Å². The molecule has 0 atom stereocenters. The molecule has 1 aromatic rings. The van der Waals surface area contributed by atoms with Gasteiger partial charge in [0.15, 0.2) is 0 Å². The molecule has 114 valence electrons. The van der Waals surface area contributed by atoms with E-state index < -0.39 is 0 Å². The molecule has 20 heavy (non-hydrogen) atoms. The SMILES string of the molecule is CCCNCC1CCN(Cc2cc(C)nn2CC)CC1. The zero-order valence-electron chi connectivity index (χ0n) is 13.4. The number of likely N-dealkylation sites (tertiary alicyclic amines) is 1. The topological polar surface area (TPSA) is 33.1 Å². The summed E-state index contributed by atoms with van der Waals surface area (Å²) in [5.74, 6) is 0.871. The van der Waals surface area contributed by atoms with Crippen molar-refractivity contribution in [1.82, 2.24) is 20.0 Å². The summed E-state index contributed by atoms with van der Waals surface area (Å²) in [4.78, 5) is 2.58. The fourth-order valence-electron chi connectivity index (χ4n) is 3.06. The maximum absolute atomic E-state index is 4.54. The molecule has 0 bridgehead atoms. The molecule has 0 unspecified atom stereocenters. The van der Waals surface area contributed by atoms with Gasteiger partial charge in [0.2, 0.25) is 0 Å². The van der Waals surface area contributed by atoms with Gasteiger partial charge in [-0.15, -0.1) is 0 Å². The van der Waals surface area contributed by atoms with Gasteiger partial charge in [-0.2, -0.15) is 5.10 Å². The first-order valence-electron chi connectivity index (χ1n) is 8.19. The van der Waals surface area contributed by atoms with Crippen LogP contribution in [0.5, 0.6) is 0 Å². The predicted octanol–water partition coefficient (Wildman–Crippen LogP) is 2.42. The van der Waals surface area contributed by atoms with Gasteiger partial charge in [0.05, 0.1) is 11.4 Å². The highest BCUT2D eigenvalue weighted by Crippen LogP contribution is 2.18. The summed E-state index contributed by atoms with van der Waals surface area (Å²) in [5, 5.41) is 8.10. The van der Waals surface area contributed by atoms with Crippen molar-refractivity contribution in [3.8, 4) is 0 Å². The molecule has 4 heteroatoms. The molecule has 0 amide bonds. The van der Waals surface area contributed by atoms with E-state index in [0.29, 0.717) is 0 Å². The third-order valence-electron chi connectivity index (χ3n) is 4.24. The quantitative estimate of drug-likeness (QED) is 0.778. The lowest BCUT2D eigenvalue weighted by molar-refractivity contribution is 0.171. The summed E-state index contributed by atoms with van der Waals surface area (Å²) in [5.41, 5.74) is 2.51. The largest absolute Gasteiger partial charge is 0.316 e. The summed E-state index contributed by atoms with van der Waals surface area (Å²) in [6.45, 7) is 13.3. The second-order valence-electron chi connectivity index (χ2n) is 6.02. The molecule has 1 saturated heterocycles. The van der Waals surface area contributed by atoms with Gasteiger partial charge in [-0.3, -0.25) is 9.58 Å². The summed E-state index contributed by atoms with van der Waals surface area (Å²) in [6.07, 6.45) is 3.89. The molecule has 1 fully saturated rings. The van der Waals surface area contributed by atoms with Crippen molar-refractivity contribution in [2.45, 2.75) is 53.1 Å². The Bertz CT molecular complexity index is 391. The Morgan fingerprint density at radius 2 is 2.05 bits per heavy atom. The van der Waals surface area contributed by atoms with Crippen molar-refractivity contribution in [1.29, 1.82) is 0 Å². The Labute approximate surface area is 123 Å². The van der Waals surface area contributed by atoms with Crippen LogP contribution in [0.25, 0.3) is 0 Å². The number of nitrogens with zero attached hydrogens (tertiary/aromatic N) is 3. The third kappa shape index (κ3) is 4.32. The molecule has 4 nitrogen and oxygen atoms in total. The molecule has 0 saturated carbocycles. The highest BCUT2D eigenvalue weighted by Gasteiger charge is 2.19. The number of nitrogens with one attached hydrogen (secondary N) is 1. The van der Waals surface area contributed by atoms with E-state index in [4.69, 9.17) is 0 Å². The maximum atomic E-state index is 4.54. The number of aromatic nitrogens is 2. The Hall–Kier alpha value is -0.870. The average Bonchev–Trinajstić information content (AvgIpc) is 2.81. The van der Waals surface area contributed by atoms with E-state index in [2.05, 4.69) is 46.8 Å². The normalized spacial score (nSPS) is 17.8. The molecule has 0 radical (unpaired) electrons. The van der Waals surface area contributed by atoms with E-state index in [1.54, 1.807) is 0 Å². The molecular weight excluding hydrogens is 248 g/mol. The molecule has 1 aromatic heterocycles. The molecule has 0 aliphatic carbocycles. The Balaban J connectivity index is 1.76. The minimum atomic E-state index is 0.871. The van der Waals surface area contributed by atoms with E-state index in [9.17, 15) is 0 Å². The van der Waals surface area contributed by atoms with Crippen LogP contribution in [0.4, 0.5) is 0 Å². The van der Waals surface area contributed by atoms with Crippen molar-refractivity contribution in [2.75, 3.05) is 26.2 Å². The van der Waals surface area contributed by atoms with Gasteiger partial charge in [0.25, 0.3) is 0 Å². The lowest BCUT2D eigenvalue weighted by Gasteiger charge is -2.32. The van der Waals surface area contributed by atoms with E-state index in [0.717, 1.165) is 31.2 Å². The van der Waals surface area contributed by atoms with E-state index in [-0.39, 0.29) is 0 Å². The molecule has 2 heterocycles. The van der Waals surface area contributed by atoms with Gasteiger partial charge >= 0.3 is 0 Å². The smallest absolute Gasteiger partial charge is 0.0597 e. The molecule has 0 aromatic carbocycles. The highest BCUT2D eigenvalue weighted by atomic mass is 15.3.